The molecule has 10 aromatic rings. The zero-order chi connectivity index (χ0) is 45.3. The molecular weight excluding hydrogens is 803 g/mol. The summed E-state index contributed by atoms with van der Waals surface area (Å²) in [6, 6.07) is 68.2. The zero-order valence-corrected chi connectivity index (χ0v) is 38.3. The summed E-state index contributed by atoms with van der Waals surface area (Å²) in [4.78, 5) is 23.4. The van der Waals surface area contributed by atoms with Crippen LogP contribution in [0.5, 0.6) is 0 Å². The van der Waals surface area contributed by atoms with Gasteiger partial charge in [-0.05, 0) is 109 Å². The minimum absolute atomic E-state index is 0.0188. The molecule has 5 nitrogen and oxygen atoms in total. The predicted octanol–water partition coefficient (Wildman–Crippen LogP) is 15.6. The Labute approximate surface area is 388 Å². The van der Waals surface area contributed by atoms with Crippen molar-refractivity contribution in [2.75, 3.05) is 4.90 Å². The van der Waals surface area contributed by atoms with Crippen LogP contribution in [0.25, 0.3) is 56.1 Å². The second-order valence-corrected chi connectivity index (χ2v) is 17.5. The van der Waals surface area contributed by atoms with E-state index in [1.54, 1.807) is 0 Å². The topological polar surface area (TPSA) is 54.8 Å². The van der Waals surface area contributed by atoms with Crippen molar-refractivity contribution in [3.05, 3.63) is 244 Å². The fourth-order valence-corrected chi connectivity index (χ4v) is 9.75. The first-order chi connectivity index (χ1) is 32.2. The fraction of sp³-hybridized carbons (Fsp3) is 0.115. The van der Waals surface area contributed by atoms with E-state index in [4.69, 9.17) is 19.9 Å². The van der Waals surface area contributed by atoms with Crippen LogP contribution in [0.3, 0.4) is 0 Å². The molecule has 320 valence electrons. The van der Waals surface area contributed by atoms with Gasteiger partial charge in [-0.15, -0.1) is 0 Å². The number of hydrogen-bond donors (Lipinski definition) is 0. The zero-order valence-electron chi connectivity index (χ0n) is 38.3. The van der Waals surface area contributed by atoms with Gasteiger partial charge in [-0.25, -0.2) is 19.9 Å². The summed E-state index contributed by atoms with van der Waals surface area (Å²) < 4.78 is 0. The molecular formula is C61H51N5. The van der Waals surface area contributed by atoms with E-state index in [0.717, 1.165) is 44.7 Å². The third-order valence-corrected chi connectivity index (χ3v) is 12.6. The van der Waals surface area contributed by atoms with E-state index in [1.165, 1.54) is 55.5 Å². The van der Waals surface area contributed by atoms with E-state index in [1.807, 2.05) is 54.6 Å². The standard InChI is InChI=1S/C61H51N5/c1-39-32-41(3)57(42(4)33-39)59(58-43(5)34-40(2)35-44(58)6)47-28-30-52(31-29-47)66(55-37-53(46-19-10-7-11-20-46)62-60(64-55)48-21-12-8-13-22-48)56-38-54(63-61(65-56)49-23-14-9-15-24-49)51-27-26-45-18-16-17-25-50(45)36-51/h7-38,59H,1-6H3. The Bertz CT molecular complexity index is 3200. The molecule has 0 unspecified atom stereocenters. The van der Waals surface area contributed by atoms with Crippen molar-refractivity contribution >= 4 is 28.1 Å². The second-order valence-electron chi connectivity index (χ2n) is 17.5. The van der Waals surface area contributed by atoms with Gasteiger partial charge in [0.1, 0.15) is 11.6 Å². The van der Waals surface area contributed by atoms with E-state index in [9.17, 15) is 0 Å². The molecule has 0 bridgehead atoms. The normalized spacial score (nSPS) is 11.3. The van der Waals surface area contributed by atoms with Crippen LogP contribution in [0.1, 0.15) is 56.0 Å². The van der Waals surface area contributed by atoms with Gasteiger partial charge in [0.15, 0.2) is 11.6 Å². The molecule has 8 aromatic carbocycles. The number of rotatable bonds is 10. The molecule has 0 spiro atoms. The Morgan fingerprint density at radius 1 is 0.348 bits per heavy atom. The second kappa shape index (κ2) is 17.9. The molecule has 0 aliphatic carbocycles. The Hall–Kier alpha value is -8.02. The summed E-state index contributed by atoms with van der Waals surface area (Å²) in [6.45, 7) is 13.4. The molecule has 0 radical (unpaired) electrons. The number of benzene rings is 8. The molecule has 0 aliphatic heterocycles. The van der Waals surface area contributed by atoms with Gasteiger partial charge >= 0.3 is 0 Å². The highest BCUT2D eigenvalue weighted by Crippen LogP contribution is 2.43. The van der Waals surface area contributed by atoms with Crippen molar-refractivity contribution in [2.45, 2.75) is 47.5 Å². The average Bonchev–Trinajstić information content (AvgIpc) is 3.34. The van der Waals surface area contributed by atoms with Crippen molar-refractivity contribution in [3.8, 4) is 45.3 Å². The summed E-state index contributed by atoms with van der Waals surface area (Å²) in [7, 11) is 0. The van der Waals surface area contributed by atoms with Gasteiger partial charge in [0.05, 0.1) is 11.4 Å². The molecule has 0 atom stereocenters. The number of anilines is 3. The van der Waals surface area contributed by atoms with Crippen LogP contribution in [-0.4, -0.2) is 19.9 Å². The maximum atomic E-state index is 5.42. The van der Waals surface area contributed by atoms with Gasteiger partial charge in [-0.3, -0.25) is 4.90 Å². The quantitative estimate of drug-likeness (QED) is 0.128. The maximum absolute atomic E-state index is 5.42. The lowest BCUT2D eigenvalue weighted by molar-refractivity contribution is 0.919. The van der Waals surface area contributed by atoms with E-state index < -0.39 is 0 Å². The molecule has 2 heterocycles. The third kappa shape index (κ3) is 8.39. The summed E-state index contributed by atoms with van der Waals surface area (Å²) in [6.07, 6.45) is 0. The minimum atomic E-state index is 0.0188. The van der Waals surface area contributed by atoms with Gasteiger partial charge in [-0.1, -0.05) is 175 Å². The van der Waals surface area contributed by atoms with Crippen molar-refractivity contribution in [2.24, 2.45) is 0 Å². The summed E-state index contributed by atoms with van der Waals surface area (Å²) in [5.41, 5.74) is 18.0. The first kappa shape index (κ1) is 42.0. The largest absolute Gasteiger partial charge is 0.279 e. The summed E-state index contributed by atoms with van der Waals surface area (Å²) >= 11 is 0. The number of hydrogen-bond acceptors (Lipinski definition) is 5. The highest BCUT2D eigenvalue weighted by Gasteiger charge is 2.27. The predicted molar refractivity (Wildman–Crippen MR) is 274 cm³/mol. The lowest BCUT2D eigenvalue weighted by Crippen LogP contribution is -2.16. The van der Waals surface area contributed by atoms with Gasteiger partial charge in [0.25, 0.3) is 0 Å². The van der Waals surface area contributed by atoms with E-state index in [-0.39, 0.29) is 5.92 Å². The van der Waals surface area contributed by atoms with E-state index >= 15 is 0 Å². The molecule has 66 heavy (non-hydrogen) atoms. The van der Waals surface area contributed by atoms with Crippen LogP contribution >= 0.6 is 0 Å². The first-order valence-electron chi connectivity index (χ1n) is 22.7. The molecule has 0 aliphatic rings. The number of aryl methyl sites for hydroxylation is 6. The van der Waals surface area contributed by atoms with Crippen molar-refractivity contribution in [1.82, 2.24) is 19.9 Å². The Morgan fingerprint density at radius 2 is 0.773 bits per heavy atom. The van der Waals surface area contributed by atoms with Crippen LogP contribution in [0.4, 0.5) is 17.3 Å². The van der Waals surface area contributed by atoms with Crippen LogP contribution in [-0.2, 0) is 0 Å². The fourth-order valence-electron chi connectivity index (χ4n) is 9.75. The SMILES string of the molecule is Cc1cc(C)c(C(c2ccc(N(c3cc(-c4ccccc4)nc(-c4ccccc4)n3)c3cc(-c4ccc5ccccc5c4)nc(-c4ccccc4)n3)cc2)c2c(C)cc(C)cc2C)c(C)c1. The van der Waals surface area contributed by atoms with Crippen molar-refractivity contribution in [1.29, 1.82) is 0 Å². The average molecular weight is 854 g/mol. The number of nitrogens with zero attached hydrogens (tertiary/aromatic N) is 5. The molecule has 0 saturated heterocycles. The molecule has 10 rings (SSSR count). The Balaban J connectivity index is 1.22. The van der Waals surface area contributed by atoms with Crippen molar-refractivity contribution in [3.63, 3.8) is 0 Å². The molecule has 0 fully saturated rings. The van der Waals surface area contributed by atoms with Crippen molar-refractivity contribution < 1.29 is 0 Å². The monoisotopic (exact) mass is 853 g/mol. The van der Waals surface area contributed by atoms with Crippen LogP contribution in [0.2, 0.25) is 0 Å². The van der Waals surface area contributed by atoms with Gasteiger partial charge in [0, 0.05) is 46.0 Å². The van der Waals surface area contributed by atoms with E-state index in [2.05, 4.69) is 186 Å². The van der Waals surface area contributed by atoms with Gasteiger partial charge in [-0.2, -0.15) is 0 Å². The first-order valence-corrected chi connectivity index (χ1v) is 22.7. The smallest absolute Gasteiger partial charge is 0.162 e. The van der Waals surface area contributed by atoms with Gasteiger partial charge in [0.2, 0.25) is 0 Å². The summed E-state index contributed by atoms with van der Waals surface area (Å²) in [5.74, 6) is 2.63. The Kier molecular flexibility index (Phi) is 11.4. The lowest BCUT2D eigenvalue weighted by Gasteiger charge is -2.28. The molecule has 2 aromatic heterocycles. The Morgan fingerprint density at radius 3 is 1.26 bits per heavy atom. The number of aromatic nitrogens is 4. The molecule has 0 amide bonds. The number of fused-ring (bicyclic) bond motifs is 1. The lowest BCUT2D eigenvalue weighted by atomic mass is 9.77. The third-order valence-electron chi connectivity index (χ3n) is 12.6. The highest BCUT2D eigenvalue weighted by atomic mass is 15.3. The van der Waals surface area contributed by atoms with Crippen LogP contribution in [0, 0.1) is 41.5 Å². The van der Waals surface area contributed by atoms with Crippen LogP contribution in [0.15, 0.2) is 194 Å². The molecule has 0 N–H and O–H groups in total. The highest BCUT2D eigenvalue weighted by molar-refractivity contribution is 5.88. The summed E-state index contributed by atoms with van der Waals surface area (Å²) in [5, 5.41) is 2.32. The van der Waals surface area contributed by atoms with E-state index in [0.29, 0.717) is 23.3 Å². The molecule has 5 heteroatoms. The molecule has 0 saturated carbocycles. The van der Waals surface area contributed by atoms with Crippen LogP contribution < -0.4 is 4.90 Å². The minimum Gasteiger partial charge on any atom is -0.279 e. The van der Waals surface area contributed by atoms with Gasteiger partial charge < -0.3 is 0 Å². The maximum Gasteiger partial charge on any atom is 0.162 e.